The fourth-order valence-corrected chi connectivity index (χ4v) is 5.28. The molecule has 0 amide bonds. The number of aromatic amines is 1. The number of aliphatic hydroxyl groups excluding tert-OH is 1. The zero-order chi connectivity index (χ0) is 17.5. The molecule has 2 aromatic rings. The molecule has 2 N–H and O–H groups in total. The lowest BCUT2D eigenvalue weighted by molar-refractivity contribution is -0.0520. The van der Waals surface area contributed by atoms with Gasteiger partial charge in [-0.1, -0.05) is 0 Å². The zero-order valence-electron chi connectivity index (χ0n) is 15.2. The van der Waals surface area contributed by atoms with Gasteiger partial charge in [0.15, 0.2) is 0 Å². The van der Waals surface area contributed by atoms with Gasteiger partial charge in [0.05, 0.1) is 19.3 Å². The van der Waals surface area contributed by atoms with Gasteiger partial charge >= 0.3 is 0 Å². The molecule has 3 aliphatic rings. The van der Waals surface area contributed by atoms with E-state index in [2.05, 4.69) is 31.9 Å². The van der Waals surface area contributed by atoms with Crippen LogP contribution in [0.3, 0.4) is 0 Å². The van der Waals surface area contributed by atoms with E-state index in [0.717, 1.165) is 64.4 Å². The highest BCUT2D eigenvalue weighted by Gasteiger charge is 2.43. The maximum absolute atomic E-state index is 10.7. The van der Waals surface area contributed by atoms with Crippen LogP contribution in [0.4, 0.5) is 0 Å². The summed E-state index contributed by atoms with van der Waals surface area (Å²) in [5.74, 6) is 1.33. The quantitative estimate of drug-likeness (QED) is 0.872. The second kappa shape index (κ2) is 6.93. The number of morpholine rings is 1. The first-order valence-corrected chi connectivity index (χ1v) is 9.91. The number of ether oxygens (including phenoxy) is 1. The van der Waals surface area contributed by atoms with Crippen LogP contribution in [-0.4, -0.2) is 76.4 Å². The monoisotopic (exact) mass is 356 g/mol. The van der Waals surface area contributed by atoms with E-state index in [9.17, 15) is 5.11 Å². The fraction of sp³-hybridized carbons (Fsp3) is 0.650. The molecule has 0 unspecified atom stereocenters. The molecular weight excluding hydrogens is 328 g/mol. The number of fused-ring (bicyclic) bond motifs is 2. The Balaban J connectivity index is 1.24. The third-order valence-electron chi connectivity index (χ3n) is 6.54. The minimum absolute atomic E-state index is 0.188. The summed E-state index contributed by atoms with van der Waals surface area (Å²) in [5, 5.41) is 11.9. The highest BCUT2D eigenvalue weighted by atomic mass is 16.5. The molecule has 5 rings (SSSR count). The van der Waals surface area contributed by atoms with Gasteiger partial charge in [-0.05, 0) is 42.9 Å². The molecule has 6 heteroatoms. The van der Waals surface area contributed by atoms with Crippen molar-refractivity contribution in [2.75, 3.05) is 39.4 Å². The minimum atomic E-state index is -0.188. The highest BCUT2D eigenvalue weighted by Crippen LogP contribution is 2.39. The first kappa shape index (κ1) is 16.7. The Morgan fingerprint density at radius 1 is 1.19 bits per heavy atom. The first-order valence-electron chi connectivity index (χ1n) is 9.91. The Morgan fingerprint density at radius 2 is 2.00 bits per heavy atom. The van der Waals surface area contributed by atoms with Crippen molar-refractivity contribution in [3.05, 3.63) is 30.1 Å². The Morgan fingerprint density at radius 3 is 2.81 bits per heavy atom. The molecular formula is C20H28N4O2. The molecule has 1 saturated carbocycles. The van der Waals surface area contributed by atoms with Gasteiger partial charge in [0.2, 0.25) is 0 Å². The number of nitrogens with zero attached hydrogens (tertiary/aromatic N) is 3. The predicted molar refractivity (Wildman–Crippen MR) is 99.8 cm³/mol. The summed E-state index contributed by atoms with van der Waals surface area (Å²) in [5.41, 5.74) is 2.21. The fourth-order valence-electron chi connectivity index (χ4n) is 5.28. The van der Waals surface area contributed by atoms with Gasteiger partial charge in [-0.3, -0.25) is 9.80 Å². The minimum Gasteiger partial charge on any atom is -0.391 e. The number of hydrogen-bond donors (Lipinski definition) is 2. The van der Waals surface area contributed by atoms with Crippen LogP contribution in [0.2, 0.25) is 0 Å². The summed E-state index contributed by atoms with van der Waals surface area (Å²) < 4.78 is 5.48. The van der Waals surface area contributed by atoms with Crippen LogP contribution >= 0.6 is 0 Å². The molecule has 2 aliphatic heterocycles. The molecule has 0 radical (unpaired) electrons. The Labute approximate surface area is 154 Å². The van der Waals surface area contributed by atoms with Crippen molar-refractivity contribution in [1.29, 1.82) is 0 Å². The van der Waals surface area contributed by atoms with Crippen molar-refractivity contribution in [2.24, 2.45) is 11.8 Å². The van der Waals surface area contributed by atoms with Gasteiger partial charge in [0, 0.05) is 56.0 Å². The summed E-state index contributed by atoms with van der Waals surface area (Å²) in [6, 6.07) is 6.63. The first-order chi connectivity index (χ1) is 12.8. The molecule has 4 atom stereocenters. The van der Waals surface area contributed by atoms with Gasteiger partial charge in [-0.2, -0.15) is 0 Å². The normalized spacial score (nSPS) is 33.6. The lowest BCUT2D eigenvalue weighted by atomic mass is 9.77. The molecule has 0 aromatic carbocycles. The number of pyridine rings is 1. The molecule has 6 nitrogen and oxygen atoms in total. The molecule has 0 bridgehead atoms. The third kappa shape index (κ3) is 3.16. The van der Waals surface area contributed by atoms with Crippen LogP contribution in [0, 0.1) is 11.8 Å². The zero-order valence-corrected chi connectivity index (χ0v) is 15.2. The molecule has 140 valence electrons. The van der Waals surface area contributed by atoms with Crippen molar-refractivity contribution in [2.45, 2.75) is 31.5 Å². The van der Waals surface area contributed by atoms with E-state index in [-0.39, 0.29) is 6.10 Å². The number of aliphatic hydroxyl groups is 1. The molecule has 2 saturated heterocycles. The average Bonchev–Trinajstić information content (AvgIpc) is 3.24. The van der Waals surface area contributed by atoms with E-state index in [1.807, 2.05) is 12.3 Å². The van der Waals surface area contributed by atoms with E-state index >= 15 is 0 Å². The van der Waals surface area contributed by atoms with E-state index in [1.54, 1.807) is 0 Å². The number of H-pyrrole nitrogens is 1. The summed E-state index contributed by atoms with van der Waals surface area (Å²) >= 11 is 0. The summed E-state index contributed by atoms with van der Waals surface area (Å²) in [6.45, 7) is 6.72. The topological polar surface area (TPSA) is 64.6 Å². The second-order valence-electron chi connectivity index (χ2n) is 8.20. The molecule has 1 aliphatic carbocycles. The van der Waals surface area contributed by atoms with Crippen molar-refractivity contribution in [3.8, 4) is 0 Å². The van der Waals surface area contributed by atoms with Gasteiger partial charge in [-0.15, -0.1) is 0 Å². The predicted octanol–water partition coefficient (Wildman–Crippen LogP) is 1.47. The molecule has 4 heterocycles. The second-order valence-corrected chi connectivity index (χ2v) is 8.20. The van der Waals surface area contributed by atoms with E-state index < -0.39 is 0 Å². The maximum Gasteiger partial charge on any atom is 0.137 e. The molecule has 3 fully saturated rings. The average molecular weight is 356 g/mol. The number of aromatic nitrogens is 2. The van der Waals surface area contributed by atoms with Crippen LogP contribution in [0.25, 0.3) is 11.0 Å². The SMILES string of the molecule is O[C@@H]1C[C@H]2CN(Cc3cc4cccnc4[nH]3)C[C@H]2C[C@H]1N1CCOCC1. The van der Waals surface area contributed by atoms with Crippen LogP contribution in [0.5, 0.6) is 0 Å². The number of likely N-dealkylation sites (tertiary alicyclic amines) is 1. The number of hydrogen-bond acceptors (Lipinski definition) is 5. The van der Waals surface area contributed by atoms with Gasteiger partial charge in [0.25, 0.3) is 0 Å². The smallest absolute Gasteiger partial charge is 0.137 e. The third-order valence-corrected chi connectivity index (χ3v) is 6.54. The van der Waals surface area contributed by atoms with Crippen LogP contribution < -0.4 is 0 Å². The Kier molecular flexibility index (Phi) is 4.44. The van der Waals surface area contributed by atoms with Gasteiger partial charge in [0.1, 0.15) is 5.65 Å². The number of rotatable bonds is 3. The summed E-state index contributed by atoms with van der Waals surface area (Å²) in [4.78, 5) is 12.9. The Bertz CT molecular complexity index is 724. The number of nitrogens with one attached hydrogen (secondary N) is 1. The van der Waals surface area contributed by atoms with Crippen molar-refractivity contribution < 1.29 is 9.84 Å². The summed E-state index contributed by atoms with van der Waals surface area (Å²) in [6.07, 6.45) is 3.71. The van der Waals surface area contributed by atoms with E-state index in [4.69, 9.17) is 4.74 Å². The lowest BCUT2D eigenvalue weighted by Crippen LogP contribution is -2.53. The standard InChI is InChI=1S/C20H28N4O2/c25-19-10-16-12-23(13-17-8-14-2-1-3-21-20(14)22-17)11-15(16)9-18(19)24-4-6-26-7-5-24/h1-3,8,15-16,18-19,25H,4-7,9-13H2,(H,21,22)/t15-,16+,18-,19-/m1/s1. The maximum atomic E-state index is 10.7. The van der Waals surface area contributed by atoms with E-state index in [0.29, 0.717) is 17.9 Å². The van der Waals surface area contributed by atoms with Crippen molar-refractivity contribution >= 4 is 11.0 Å². The van der Waals surface area contributed by atoms with Gasteiger partial charge in [-0.25, -0.2) is 4.98 Å². The molecule has 0 spiro atoms. The van der Waals surface area contributed by atoms with E-state index in [1.165, 1.54) is 11.1 Å². The molecule has 26 heavy (non-hydrogen) atoms. The molecule has 2 aromatic heterocycles. The van der Waals surface area contributed by atoms with Crippen LogP contribution in [0.15, 0.2) is 24.4 Å². The highest BCUT2D eigenvalue weighted by molar-refractivity contribution is 5.76. The van der Waals surface area contributed by atoms with Crippen molar-refractivity contribution in [3.63, 3.8) is 0 Å². The Hall–Kier alpha value is -1.47. The van der Waals surface area contributed by atoms with Gasteiger partial charge < -0.3 is 14.8 Å². The largest absolute Gasteiger partial charge is 0.391 e. The summed E-state index contributed by atoms with van der Waals surface area (Å²) in [7, 11) is 0. The van der Waals surface area contributed by atoms with Crippen LogP contribution in [0.1, 0.15) is 18.5 Å². The lowest BCUT2D eigenvalue weighted by Gasteiger charge is -2.43. The van der Waals surface area contributed by atoms with Crippen molar-refractivity contribution in [1.82, 2.24) is 19.8 Å². The van der Waals surface area contributed by atoms with Crippen LogP contribution in [-0.2, 0) is 11.3 Å².